The van der Waals surface area contributed by atoms with Gasteiger partial charge in [-0.05, 0) is 81.8 Å². The third-order valence-corrected chi connectivity index (χ3v) is 10.2. The van der Waals surface area contributed by atoms with Gasteiger partial charge in [0, 0.05) is 31.3 Å². The second kappa shape index (κ2) is 16.5. The number of hydrogen-bond acceptors (Lipinski definition) is 10. The van der Waals surface area contributed by atoms with Crippen molar-refractivity contribution in [3.8, 4) is 11.5 Å². The van der Waals surface area contributed by atoms with Crippen LogP contribution in [0.4, 0.5) is 29.2 Å². The predicted molar refractivity (Wildman–Crippen MR) is 166 cm³/mol. The summed E-state index contributed by atoms with van der Waals surface area (Å²) in [5, 5.41) is 8.39. The minimum absolute atomic E-state index is 0.0309. The Kier molecular flexibility index (Phi) is 12.2. The zero-order valence-electron chi connectivity index (χ0n) is 25.7. The molecule has 2 aromatic rings. The molecule has 17 heteroatoms. The molecule has 3 N–H and O–H groups in total. The van der Waals surface area contributed by atoms with Gasteiger partial charge in [-0.1, -0.05) is 6.07 Å². The number of alkyl halides is 4. The number of amides is 2. The van der Waals surface area contributed by atoms with E-state index in [1.165, 1.54) is 12.4 Å². The van der Waals surface area contributed by atoms with Crippen LogP contribution in [0.5, 0.6) is 11.5 Å². The van der Waals surface area contributed by atoms with Crippen molar-refractivity contribution in [3.05, 3.63) is 36.2 Å². The third kappa shape index (κ3) is 10.2. The molecule has 258 valence electrons. The van der Waals surface area contributed by atoms with Gasteiger partial charge in [-0.25, -0.2) is 18.5 Å². The Hall–Kier alpha value is -3.57. The quantitative estimate of drug-likeness (QED) is 0.199. The smallest absolute Gasteiger partial charge is 0.387 e. The second-order valence-electron chi connectivity index (χ2n) is 11.7. The van der Waals surface area contributed by atoms with Gasteiger partial charge in [0.2, 0.25) is 17.8 Å². The van der Waals surface area contributed by atoms with Crippen molar-refractivity contribution in [3.63, 3.8) is 0 Å². The molecule has 4 heterocycles. The van der Waals surface area contributed by atoms with E-state index >= 15 is 0 Å². The highest BCUT2D eigenvalue weighted by molar-refractivity contribution is 7.82. The van der Waals surface area contributed by atoms with Crippen LogP contribution < -0.4 is 25.4 Å². The molecule has 3 saturated heterocycles. The third-order valence-electron chi connectivity index (χ3n) is 8.57. The molecule has 0 aliphatic carbocycles. The van der Waals surface area contributed by atoms with Crippen LogP contribution >= 0.6 is 0 Å². The molecule has 1 aromatic heterocycles. The fourth-order valence-corrected chi connectivity index (χ4v) is 7.35. The zero-order chi connectivity index (χ0) is 33.3. The first-order valence-corrected chi connectivity index (χ1v) is 17.0. The number of imide groups is 1. The number of piperidine rings is 3. The Morgan fingerprint density at radius 1 is 0.936 bits per heavy atom. The fraction of sp³-hybridized carbons (Fsp3) is 0.600. The standard InChI is InChI=1S/C30H39F4N7O5S/c31-28(32)45-22-17-35-30(36-18-22)37-21-8-13-41(14-9-21)47(44)15-1-10-40-11-6-19(7-12-40)20-2-3-23(25(16-20)46-29(33)34)38-24-4-5-26(42)39-27(24)43/h2-3,16-19,21,24,28-29,38H,1,4-15H2,(H,35,36,37)(H,39,42,43). The molecule has 0 saturated carbocycles. The van der Waals surface area contributed by atoms with Gasteiger partial charge in [0.15, 0.2) is 5.75 Å². The van der Waals surface area contributed by atoms with Gasteiger partial charge in [0.05, 0.1) is 29.1 Å². The molecule has 47 heavy (non-hydrogen) atoms. The van der Waals surface area contributed by atoms with Crippen molar-refractivity contribution in [1.82, 2.24) is 24.5 Å². The van der Waals surface area contributed by atoms with Crippen LogP contribution in [0.2, 0.25) is 0 Å². The lowest BCUT2D eigenvalue weighted by Gasteiger charge is -2.33. The summed E-state index contributed by atoms with van der Waals surface area (Å²) in [6.07, 6.45) is 6.76. The molecule has 2 atom stereocenters. The van der Waals surface area contributed by atoms with Gasteiger partial charge in [-0.2, -0.15) is 17.6 Å². The van der Waals surface area contributed by atoms with E-state index in [1.807, 2.05) is 10.4 Å². The maximum absolute atomic E-state index is 13.2. The van der Waals surface area contributed by atoms with Crippen LogP contribution in [0.15, 0.2) is 30.6 Å². The summed E-state index contributed by atoms with van der Waals surface area (Å²) < 4.78 is 75.0. The summed E-state index contributed by atoms with van der Waals surface area (Å²) in [4.78, 5) is 33.9. The van der Waals surface area contributed by atoms with E-state index in [2.05, 4.69) is 35.6 Å². The minimum Gasteiger partial charge on any atom is -0.433 e. The Labute approximate surface area is 272 Å². The average molecular weight is 686 g/mol. The monoisotopic (exact) mass is 685 g/mol. The first-order valence-electron chi connectivity index (χ1n) is 15.7. The highest BCUT2D eigenvalue weighted by Crippen LogP contribution is 2.35. The van der Waals surface area contributed by atoms with Crippen LogP contribution in [-0.4, -0.2) is 99.0 Å². The zero-order valence-corrected chi connectivity index (χ0v) is 26.5. The number of hydrogen-bond donors (Lipinski definition) is 3. The number of carbonyl (C=O) groups is 2. The van der Waals surface area contributed by atoms with E-state index in [0.717, 1.165) is 57.3 Å². The molecule has 2 unspecified atom stereocenters. The Balaban J connectivity index is 1.02. The highest BCUT2D eigenvalue weighted by Gasteiger charge is 2.29. The molecule has 3 aliphatic heterocycles. The number of nitrogens with zero attached hydrogens (tertiary/aromatic N) is 4. The fourth-order valence-electron chi connectivity index (χ4n) is 6.10. The molecule has 2 amide bonds. The van der Waals surface area contributed by atoms with Gasteiger partial charge in [0.1, 0.15) is 11.8 Å². The molecule has 3 fully saturated rings. The SMILES string of the molecule is O=C1CCC(Nc2ccc(C3CCN(CCCS(=O)N4CCC(Nc5ncc(OC(F)F)cn5)CC4)CC3)cc2OC(F)F)C(=O)N1. The first-order chi connectivity index (χ1) is 22.6. The average Bonchev–Trinajstić information content (AvgIpc) is 3.04. The second-order valence-corrected chi connectivity index (χ2v) is 13.3. The minimum atomic E-state index is -3.03. The largest absolute Gasteiger partial charge is 0.433 e. The summed E-state index contributed by atoms with van der Waals surface area (Å²) in [7, 11) is -1.10. The van der Waals surface area contributed by atoms with Crippen molar-refractivity contribution in [2.24, 2.45) is 0 Å². The van der Waals surface area contributed by atoms with Gasteiger partial charge in [-0.15, -0.1) is 0 Å². The van der Waals surface area contributed by atoms with Crippen molar-refractivity contribution in [2.75, 3.05) is 49.1 Å². The molecule has 3 aliphatic rings. The Morgan fingerprint density at radius 3 is 2.30 bits per heavy atom. The van der Waals surface area contributed by atoms with E-state index in [0.29, 0.717) is 24.8 Å². The number of aromatic nitrogens is 2. The molecule has 12 nitrogen and oxygen atoms in total. The van der Waals surface area contributed by atoms with Gasteiger partial charge in [-0.3, -0.25) is 14.9 Å². The number of carbonyl (C=O) groups excluding carboxylic acids is 2. The number of nitrogens with one attached hydrogen (secondary N) is 3. The van der Waals surface area contributed by atoms with Crippen molar-refractivity contribution >= 4 is 34.4 Å². The number of anilines is 2. The number of ether oxygens (including phenoxy) is 2. The number of likely N-dealkylation sites (tertiary alicyclic amines) is 1. The summed E-state index contributed by atoms with van der Waals surface area (Å²) >= 11 is 0. The predicted octanol–water partition coefficient (Wildman–Crippen LogP) is 3.71. The van der Waals surface area contributed by atoms with Crippen LogP contribution in [-0.2, 0) is 20.6 Å². The topological polar surface area (TPSA) is 138 Å². The van der Waals surface area contributed by atoms with E-state index < -0.39 is 36.2 Å². The molecule has 5 rings (SSSR count). The normalized spacial score (nSPS) is 21.1. The molecular formula is C30H39F4N7O5S. The van der Waals surface area contributed by atoms with Crippen LogP contribution in [0.1, 0.15) is 56.4 Å². The van der Waals surface area contributed by atoms with E-state index in [9.17, 15) is 31.4 Å². The Bertz CT molecular complexity index is 1380. The van der Waals surface area contributed by atoms with Crippen LogP contribution in [0, 0.1) is 0 Å². The highest BCUT2D eigenvalue weighted by atomic mass is 32.2. The molecule has 0 bridgehead atoms. The number of halogens is 4. The van der Waals surface area contributed by atoms with Crippen LogP contribution in [0.3, 0.4) is 0 Å². The lowest BCUT2D eigenvalue weighted by Crippen LogP contribution is -2.47. The van der Waals surface area contributed by atoms with Crippen LogP contribution in [0.25, 0.3) is 0 Å². The molecular weight excluding hydrogens is 646 g/mol. The molecule has 0 radical (unpaired) electrons. The van der Waals surface area contributed by atoms with Crippen molar-refractivity contribution in [2.45, 2.75) is 76.2 Å². The summed E-state index contributed by atoms with van der Waals surface area (Å²) in [5.41, 5.74) is 1.16. The lowest BCUT2D eigenvalue weighted by atomic mass is 9.89. The first kappa shape index (κ1) is 34.8. The number of benzene rings is 1. The van der Waals surface area contributed by atoms with Gasteiger partial charge < -0.3 is 25.0 Å². The van der Waals surface area contributed by atoms with Gasteiger partial charge >= 0.3 is 13.2 Å². The maximum atomic E-state index is 13.2. The Morgan fingerprint density at radius 2 is 1.64 bits per heavy atom. The van der Waals surface area contributed by atoms with E-state index in [-0.39, 0.29) is 47.9 Å². The molecule has 0 spiro atoms. The van der Waals surface area contributed by atoms with E-state index in [4.69, 9.17) is 4.74 Å². The van der Waals surface area contributed by atoms with E-state index in [1.54, 1.807) is 12.1 Å². The van der Waals surface area contributed by atoms with Crippen molar-refractivity contribution in [1.29, 1.82) is 0 Å². The maximum Gasteiger partial charge on any atom is 0.387 e. The lowest BCUT2D eigenvalue weighted by molar-refractivity contribution is -0.133. The summed E-state index contributed by atoms with van der Waals surface area (Å²) in [5.74, 6) is 0.0571. The van der Waals surface area contributed by atoms with Crippen molar-refractivity contribution < 1.29 is 40.8 Å². The van der Waals surface area contributed by atoms with Gasteiger partial charge in [0.25, 0.3) is 0 Å². The summed E-state index contributed by atoms with van der Waals surface area (Å²) in [6, 6.07) is 4.49. The summed E-state index contributed by atoms with van der Waals surface area (Å²) in [6.45, 7) is -2.19. The number of rotatable bonds is 14. The molecule has 1 aromatic carbocycles.